The summed E-state index contributed by atoms with van der Waals surface area (Å²) in [7, 11) is 0. The van der Waals surface area contributed by atoms with Crippen LogP contribution in [0, 0.1) is 0 Å². The molecule has 0 radical (unpaired) electrons. The number of amides is 2. The Balaban J connectivity index is 1.62. The molecule has 194 valence electrons. The highest BCUT2D eigenvalue weighted by molar-refractivity contribution is 5.88. The first kappa shape index (κ1) is 26.0. The monoisotopic (exact) mass is 493 g/mol. The summed E-state index contributed by atoms with van der Waals surface area (Å²) < 4.78 is 11.6. The van der Waals surface area contributed by atoms with Crippen LogP contribution in [0.3, 0.4) is 0 Å². The van der Waals surface area contributed by atoms with Crippen LogP contribution in [0.1, 0.15) is 89.3 Å². The second-order valence-electron chi connectivity index (χ2n) is 10.8. The van der Waals surface area contributed by atoms with Crippen LogP contribution in [0.5, 0.6) is 0 Å². The predicted molar refractivity (Wildman–Crippen MR) is 140 cm³/mol. The Kier molecular flexibility index (Phi) is 8.49. The molecule has 1 aromatic heterocycles. The Bertz CT molecular complexity index is 1010. The number of carbonyl (C=O) groups is 2. The first-order chi connectivity index (χ1) is 17.3. The fraction of sp³-hybridized carbons (Fsp3) is 0.552. The molecular weight excluding hydrogens is 454 g/mol. The largest absolute Gasteiger partial charge is 0.445 e. The van der Waals surface area contributed by atoms with Gasteiger partial charge in [0.25, 0.3) is 0 Å². The number of ether oxygens (including phenoxy) is 2. The van der Waals surface area contributed by atoms with Crippen LogP contribution < -0.4 is 4.90 Å². The summed E-state index contributed by atoms with van der Waals surface area (Å²) in [5.74, 6) is 0.603. The lowest BCUT2D eigenvalue weighted by molar-refractivity contribution is 0.0554. The highest BCUT2D eigenvalue weighted by Gasteiger charge is 2.37. The number of nitrogens with zero attached hydrogens (tertiary/aromatic N) is 3. The van der Waals surface area contributed by atoms with Gasteiger partial charge in [-0.15, -0.1) is 0 Å². The summed E-state index contributed by atoms with van der Waals surface area (Å²) in [6.07, 6.45) is 8.90. The number of hydrogen-bond acceptors (Lipinski definition) is 5. The average Bonchev–Trinajstić information content (AvgIpc) is 2.88. The first-order valence-corrected chi connectivity index (χ1v) is 13.3. The maximum absolute atomic E-state index is 13.5. The van der Waals surface area contributed by atoms with Crippen molar-refractivity contribution in [2.75, 3.05) is 11.4 Å². The Morgan fingerprint density at radius 3 is 2.42 bits per heavy atom. The molecule has 1 saturated heterocycles. The molecule has 2 amide bonds. The van der Waals surface area contributed by atoms with Crippen LogP contribution in [0.4, 0.5) is 15.4 Å². The molecule has 2 heterocycles. The number of anilines is 1. The number of pyridine rings is 1. The molecule has 2 aromatic rings. The van der Waals surface area contributed by atoms with E-state index < -0.39 is 5.60 Å². The smallest absolute Gasteiger partial charge is 0.416 e. The highest BCUT2D eigenvalue weighted by Crippen LogP contribution is 2.38. The van der Waals surface area contributed by atoms with Crippen molar-refractivity contribution in [1.29, 1.82) is 0 Å². The summed E-state index contributed by atoms with van der Waals surface area (Å²) >= 11 is 0. The van der Waals surface area contributed by atoms with Gasteiger partial charge in [-0.1, -0.05) is 55.7 Å². The molecule has 2 aliphatic rings. The van der Waals surface area contributed by atoms with Gasteiger partial charge in [-0.2, -0.15) is 0 Å². The van der Waals surface area contributed by atoms with E-state index in [0.717, 1.165) is 56.1 Å². The summed E-state index contributed by atoms with van der Waals surface area (Å²) in [5.41, 5.74) is 1.22. The fourth-order valence-corrected chi connectivity index (χ4v) is 5.21. The van der Waals surface area contributed by atoms with Crippen molar-refractivity contribution in [2.45, 2.75) is 96.4 Å². The molecule has 0 spiro atoms. The molecule has 0 N–H and O–H groups in total. The molecule has 4 rings (SSSR count). The van der Waals surface area contributed by atoms with E-state index >= 15 is 0 Å². The van der Waals surface area contributed by atoms with E-state index in [2.05, 4.69) is 0 Å². The molecule has 0 bridgehead atoms. The van der Waals surface area contributed by atoms with Crippen molar-refractivity contribution in [3.63, 3.8) is 0 Å². The Labute approximate surface area is 214 Å². The van der Waals surface area contributed by atoms with Gasteiger partial charge < -0.3 is 14.4 Å². The molecule has 1 unspecified atom stereocenters. The Hall–Kier alpha value is -3.09. The fourth-order valence-electron chi connectivity index (χ4n) is 5.21. The SMILES string of the molecule is CC(C)(C)OC(=O)N(c1ncccc1C1CCCCN1C(=O)OCc1ccccc1)C1CCCCC1. The maximum Gasteiger partial charge on any atom is 0.416 e. The van der Waals surface area contributed by atoms with Gasteiger partial charge in [0, 0.05) is 24.3 Å². The zero-order valence-electron chi connectivity index (χ0n) is 21.8. The van der Waals surface area contributed by atoms with Gasteiger partial charge in [-0.05, 0) is 64.5 Å². The number of hydrogen-bond donors (Lipinski definition) is 0. The molecule has 1 atom stereocenters. The standard InChI is InChI=1S/C29H39N3O4/c1-29(2,3)36-28(34)32(23-15-8-5-9-16-23)26-24(17-12-19-30-26)25-18-10-11-20-31(25)27(33)35-21-22-13-6-4-7-14-22/h4,6-7,12-14,17,19,23,25H,5,8-11,15-16,18,20-21H2,1-3H3. The lowest BCUT2D eigenvalue weighted by Crippen LogP contribution is -2.46. The van der Waals surface area contributed by atoms with Gasteiger partial charge in [0.1, 0.15) is 18.0 Å². The third kappa shape index (κ3) is 6.56. The topological polar surface area (TPSA) is 72.0 Å². The molecule has 1 aliphatic heterocycles. The highest BCUT2D eigenvalue weighted by atomic mass is 16.6. The van der Waals surface area contributed by atoms with E-state index in [0.29, 0.717) is 12.4 Å². The number of aromatic nitrogens is 1. The van der Waals surface area contributed by atoms with Gasteiger partial charge >= 0.3 is 12.2 Å². The average molecular weight is 494 g/mol. The Morgan fingerprint density at radius 2 is 1.69 bits per heavy atom. The van der Waals surface area contributed by atoms with Crippen molar-refractivity contribution in [3.8, 4) is 0 Å². The molecule has 1 aromatic carbocycles. The van der Waals surface area contributed by atoms with Crippen LogP contribution in [0.15, 0.2) is 48.7 Å². The maximum atomic E-state index is 13.5. The number of likely N-dealkylation sites (tertiary alicyclic amines) is 1. The van der Waals surface area contributed by atoms with Crippen molar-refractivity contribution >= 4 is 18.0 Å². The summed E-state index contributed by atoms with van der Waals surface area (Å²) in [6, 6.07) is 13.4. The van der Waals surface area contributed by atoms with Crippen molar-refractivity contribution in [2.24, 2.45) is 0 Å². The molecule has 1 aliphatic carbocycles. The van der Waals surface area contributed by atoms with E-state index in [1.54, 1.807) is 16.0 Å². The molecule has 2 fully saturated rings. The van der Waals surface area contributed by atoms with E-state index in [1.165, 1.54) is 6.42 Å². The minimum Gasteiger partial charge on any atom is -0.445 e. The minimum atomic E-state index is -0.614. The normalized spacial score (nSPS) is 19.0. The summed E-state index contributed by atoms with van der Waals surface area (Å²) in [6.45, 7) is 6.50. The first-order valence-electron chi connectivity index (χ1n) is 13.3. The lowest BCUT2D eigenvalue weighted by atomic mass is 9.92. The molecule has 7 heteroatoms. The van der Waals surface area contributed by atoms with Crippen LogP contribution in [0.25, 0.3) is 0 Å². The Morgan fingerprint density at radius 1 is 0.972 bits per heavy atom. The van der Waals surface area contributed by atoms with Crippen LogP contribution in [-0.2, 0) is 16.1 Å². The second-order valence-corrected chi connectivity index (χ2v) is 10.8. The molecule has 1 saturated carbocycles. The van der Waals surface area contributed by atoms with E-state index in [9.17, 15) is 9.59 Å². The zero-order chi connectivity index (χ0) is 25.5. The van der Waals surface area contributed by atoms with Gasteiger partial charge in [0.05, 0.1) is 6.04 Å². The second kappa shape index (κ2) is 11.8. The van der Waals surface area contributed by atoms with Gasteiger partial charge in [0.15, 0.2) is 0 Å². The summed E-state index contributed by atoms with van der Waals surface area (Å²) in [4.78, 5) is 35.1. The van der Waals surface area contributed by atoms with Gasteiger partial charge in [-0.25, -0.2) is 14.6 Å². The van der Waals surface area contributed by atoms with E-state index in [-0.39, 0.29) is 30.9 Å². The molecule has 7 nitrogen and oxygen atoms in total. The van der Waals surface area contributed by atoms with Crippen molar-refractivity contribution in [1.82, 2.24) is 9.88 Å². The molecular formula is C29H39N3O4. The van der Waals surface area contributed by atoms with Crippen molar-refractivity contribution in [3.05, 3.63) is 59.8 Å². The predicted octanol–water partition coefficient (Wildman–Crippen LogP) is 7.02. The third-order valence-electron chi connectivity index (χ3n) is 6.88. The lowest BCUT2D eigenvalue weighted by Gasteiger charge is -2.39. The van der Waals surface area contributed by atoms with Gasteiger partial charge in [0.2, 0.25) is 0 Å². The number of benzene rings is 1. The quantitative estimate of drug-likeness (QED) is 0.447. The number of rotatable bonds is 5. The van der Waals surface area contributed by atoms with Crippen LogP contribution >= 0.6 is 0 Å². The molecule has 36 heavy (non-hydrogen) atoms. The van der Waals surface area contributed by atoms with Crippen LogP contribution in [0.2, 0.25) is 0 Å². The van der Waals surface area contributed by atoms with Gasteiger partial charge in [-0.3, -0.25) is 4.90 Å². The van der Waals surface area contributed by atoms with E-state index in [4.69, 9.17) is 14.5 Å². The number of carbonyl (C=O) groups excluding carboxylic acids is 2. The minimum absolute atomic E-state index is 0.0318. The van der Waals surface area contributed by atoms with Crippen LogP contribution in [-0.4, -0.2) is 40.3 Å². The summed E-state index contributed by atoms with van der Waals surface area (Å²) in [5, 5.41) is 0. The zero-order valence-corrected chi connectivity index (χ0v) is 21.8. The van der Waals surface area contributed by atoms with Crippen molar-refractivity contribution < 1.29 is 19.1 Å². The van der Waals surface area contributed by atoms with E-state index in [1.807, 2.05) is 63.2 Å². The third-order valence-corrected chi connectivity index (χ3v) is 6.88. The number of piperidine rings is 1.